The second-order valence-corrected chi connectivity index (χ2v) is 6.82. The largest absolute Gasteiger partial charge is 0.416 e. The topological polar surface area (TPSA) is 73.9 Å². The number of nitrogens with zero attached hydrogens (tertiary/aromatic N) is 3. The lowest BCUT2D eigenvalue weighted by Gasteiger charge is -2.23. The van der Waals surface area contributed by atoms with Crippen molar-refractivity contribution < 1.29 is 18.0 Å². The molecule has 3 rings (SSSR count). The SMILES string of the molecule is Cc1nc2c(C(=O)NC(CN(C)C)c3cccc(C(F)(F)F)c3)cncc2[nH]1. The molecule has 9 heteroatoms. The van der Waals surface area contributed by atoms with E-state index in [2.05, 4.69) is 20.3 Å². The Bertz CT molecular complexity index is 997. The van der Waals surface area contributed by atoms with Gasteiger partial charge in [-0.05, 0) is 38.7 Å². The Hall–Kier alpha value is -2.94. The van der Waals surface area contributed by atoms with Crippen molar-refractivity contribution >= 4 is 16.9 Å². The van der Waals surface area contributed by atoms with Gasteiger partial charge in [0, 0.05) is 12.7 Å². The number of aromatic nitrogens is 3. The smallest absolute Gasteiger partial charge is 0.344 e. The molecule has 0 aliphatic carbocycles. The summed E-state index contributed by atoms with van der Waals surface area (Å²) in [5.41, 5.74) is 0.966. The second kappa shape index (κ2) is 7.59. The number of hydrogen-bond donors (Lipinski definition) is 2. The fraction of sp³-hybridized carbons (Fsp3) is 0.316. The number of amides is 1. The molecule has 0 aliphatic rings. The highest BCUT2D eigenvalue weighted by molar-refractivity contribution is 6.04. The molecule has 1 aromatic carbocycles. The van der Waals surface area contributed by atoms with Crippen LogP contribution >= 0.6 is 0 Å². The Kier molecular flexibility index (Phi) is 5.37. The molecule has 2 heterocycles. The number of hydrogen-bond acceptors (Lipinski definition) is 4. The third-order valence-electron chi connectivity index (χ3n) is 4.23. The molecular weight excluding hydrogens is 371 g/mol. The first-order chi connectivity index (χ1) is 13.1. The van der Waals surface area contributed by atoms with Crippen LogP contribution in [0.3, 0.4) is 0 Å². The van der Waals surface area contributed by atoms with Crippen molar-refractivity contribution in [2.24, 2.45) is 0 Å². The summed E-state index contributed by atoms with van der Waals surface area (Å²) in [6.45, 7) is 2.09. The van der Waals surface area contributed by atoms with Gasteiger partial charge in [-0.15, -0.1) is 0 Å². The monoisotopic (exact) mass is 391 g/mol. The van der Waals surface area contributed by atoms with E-state index >= 15 is 0 Å². The summed E-state index contributed by atoms with van der Waals surface area (Å²) in [6, 6.07) is 4.34. The molecule has 148 valence electrons. The number of imidazole rings is 1. The van der Waals surface area contributed by atoms with Crippen LogP contribution in [0.15, 0.2) is 36.7 Å². The van der Waals surface area contributed by atoms with E-state index in [1.54, 1.807) is 38.2 Å². The molecular formula is C19H20F3N5O. The number of carbonyl (C=O) groups is 1. The molecule has 0 saturated heterocycles. The molecule has 1 atom stereocenters. The average molecular weight is 391 g/mol. The number of halogens is 3. The third kappa shape index (κ3) is 4.30. The first kappa shape index (κ1) is 19.8. The Balaban J connectivity index is 1.93. The summed E-state index contributed by atoms with van der Waals surface area (Å²) in [4.78, 5) is 26.0. The lowest BCUT2D eigenvalue weighted by atomic mass is 10.0. The highest BCUT2D eigenvalue weighted by Gasteiger charge is 2.31. The number of likely N-dealkylation sites (N-methyl/N-ethyl adjacent to an activating group) is 1. The number of alkyl halides is 3. The lowest BCUT2D eigenvalue weighted by Crippen LogP contribution is -2.35. The van der Waals surface area contributed by atoms with Gasteiger partial charge in [-0.25, -0.2) is 4.98 Å². The minimum Gasteiger partial charge on any atom is -0.344 e. The molecule has 2 N–H and O–H groups in total. The highest BCUT2D eigenvalue weighted by Crippen LogP contribution is 2.31. The predicted molar refractivity (Wildman–Crippen MR) is 98.8 cm³/mol. The van der Waals surface area contributed by atoms with E-state index in [0.717, 1.165) is 12.1 Å². The van der Waals surface area contributed by atoms with Crippen molar-refractivity contribution in [2.45, 2.75) is 19.1 Å². The first-order valence-corrected chi connectivity index (χ1v) is 8.58. The van der Waals surface area contributed by atoms with Crippen molar-refractivity contribution in [3.63, 3.8) is 0 Å². The Morgan fingerprint density at radius 1 is 1.29 bits per heavy atom. The van der Waals surface area contributed by atoms with E-state index < -0.39 is 23.7 Å². The quantitative estimate of drug-likeness (QED) is 0.700. The fourth-order valence-electron chi connectivity index (χ4n) is 2.99. The van der Waals surface area contributed by atoms with Gasteiger partial charge >= 0.3 is 6.18 Å². The molecule has 1 unspecified atom stereocenters. The maximum absolute atomic E-state index is 13.1. The van der Waals surface area contributed by atoms with Crippen LogP contribution in [0.25, 0.3) is 11.0 Å². The van der Waals surface area contributed by atoms with Crippen molar-refractivity contribution in [1.29, 1.82) is 0 Å². The number of pyridine rings is 1. The standard InChI is InChI=1S/C19H20F3N5O/c1-11-24-15-9-23-8-14(17(15)25-11)18(28)26-16(10-27(2)3)12-5-4-6-13(7-12)19(20,21)22/h4-9,16H,10H2,1-3H3,(H,24,25)(H,26,28). The van der Waals surface area contributed by atoms with Gasteiger partial charge in [0.2, 0.25) is 0 Å². The van der Waals surface area contributed by atoms with Crippen molar-refractivity contribution in [3.05, 3.63) is 59.2 Å². The second-order valence-electron chi connectivity index (χ2n) is 6.82. The molecule has 0 radical (unpaired) electrons. The number of benzene rings is 1. The summed E-state index contributed by atoms with van der Waals surface area (Å²) in [5, 5.41) is 2.82. The normalized spacial score (nSPS) is 13.1. The van der Waals surface area contributed by atoms with E-state index in [1.165, 1.54) is 12.3 Å². The molecule has 0 spiro atoms. The summed E-state index contributed by atoms with van der Waals surface area (Å²) in [6.07, 6.45) is -1.49. The van der Waals surface area contributed by atoms with Crippen LogP contribution in [0.5, 0.6) is 0 Å². The van der Waals surface area contributed by atoms with Gasteiger partial charge in [0.05, 0.1) is 28.9 Å². The van der Waals surface area contributed by atoms with Crippen molar-refractivity contribution in [2.75, 3.05) is 20.6 Å². The molecule has 0 bridgehead atoms. The van der Waals surface area contributed by atoms with Crippen LogP contribution in [0.4, 0.5) is 13.2 Å². The number of rotatable bonds is 5. The number of carbonyl (C=O) groups excluding carboxylic acids is 1. The van der Waals surface area contributed by atoms with Crippen LogP contribution in [-0.2, 0) is 6.18 Å². The minimum absolute atomic E-state index is 0.262. The molecule has 0 fully saturated rings. The van der Waals surface area contributed by atoms with Gasteiger partial charge in [0.25, 0.3) is 5.91 Å². The molecule has 28 heavy (non-hydrogen) atoms. The van der Waals surface area contributed by atoms with E-state index in [0.29, 0.717) is 29.0 Å². The van der Waals surface area contributed by atoms with Gasteiger partial charge in [-0.1, -0.05) is 12.1 Å². The molecule has 0 saturated carbocycles. The van der Waals surface area contributed by atoms with Gasteiger partial charge < -0.3 is 15.2 Å². The van der Waals surface area contributed by atoms with E-state index in [4.69, 9.17) is 0 Å². The number of H-pyrrole nitrogens is 1. The lowest BCUT2D eigenvalue weighted by molar-refractivity contribution is -0.137. The fourth-order valence-corrected chi connectivity index (χ4v) is 2.99. The van der Waals surface area contributed by atoms with Gasteiger partial charge in [-0.3, -0.25) is 9.78 Å². The average Bonchev–Trinajstić information content (AvgIpc) is 3.00. The van der Waals surface area contributed by atoms with Gasteiger partial charge in [0.1, 0.15) is 11.3 Å². The van der Waals surface area contributed by atoms with Crippen LogP contribution in [-0.4, -0.2) is 46.4 Å². The van der Waals surface area contributed by atoms with E-state index in [1.807, 2.05) is 0 Å². The van der Waals surface area contributed by atoms with Crippen molar-refractivity contribution in [3.8, 4) is 0 Å². The summed E-state index contributed by atoms with van der Waals surface area (Å²) >= 11 is 0. The molecule has 6 nitrogen and oxygen atoms in total. The van der Waals surface area contributed by atoms with Gasteiger partial charge in [-0.2, -0.15) is 13.2 Å². The van der Waals surface area contributed by atoms with Crippen LogP contribution < -0.4 is 5.32 Å². The number of aryl methyl sites for hydroxylation is 1. The van der Waals surface area contributed by atoms with Crippen LogP contribution in [0, 0.1) is 6.92 Å². The Morgan fingerprint density at radius 3 is 2.71 bits per heavy atom. The maximum Gasteiger partial charge on any atom is 0.416 e. The maximum atomic E-state index is 13.1. The molecule has 1 amide bonds. The zero-order valence-electron chi connectivity index (χ0n) is 15.6. The minimum atomic E-state index is -4.45. The first-order valence-electron chi connectivity index (χ1n) is 8.58. The summed E-state index contributed by atoms with van der Waals surface area (Å²) in [5.74, 6) is 0.189. The number of fused-ring (bicyclic) bond motifs is 1. The zero-order valence-corrected chi connectivity index (χ0v) is 15.6. The molecule has 0 aliphatic heterocycles. The van der Waals surface area contributed by atoms with Crippen LogP contribution in [0.1, 0.15) is 33.4 Å². The Labute approximate surface area is 159 Å². The van der Waals surface area contributed by atoms with Crippen LogP contribution in [0.2, 0.25) is 0 Å². The molecule has 3 aromatic rings. The van der Waals surface area contributed by atoms with E-state index in [9.17, 15) is 18.0 Å². The summed E-state index contributed by atoms with van der Waals surface area (Å²) in [7, 11) is 3.57. The molecule has 2 aromatic heterocycles. The van der Waals surface area contributed by atoms with Gasteiger partial charge in [0.15, 0.2) is 0 Å². The summed E-state index contributed by atoms with van der Waals surface area (Å²) < 4.78 is 39.2. The zero-order chi connectivity index (χ0) is 20.5. The van der Waals surface area contributed by atoms with E-state index in [-0.39, 0.29) is 5.56 Å². The number of nitrogens with one attached hydrogen (secondary N) is 2. The third-order valence-corrected chi connectivity index (χ3v) is 4.23. The van der Waals surface area contributed by atoms with Crippen molar-refractivity contribution in [1.82, 2.24) is 25.2 Å². The Morgan fingerprint density at radius 2 is 2.04 bits per heavy atom. The predicted octanol–water partition coefficient (Wildman–Crippen LogP) is 3.32. The highest BCUT2D eigenvalue weighted by atomic mass is 19.4. The number of aromatic amines is 1.